The Morgan fingerprint density at radius 1 is 1.16 bits per heavy atom. The second kappa shape index (κ2) is 5.47. The summed E-state index contributed by atoms with van der Waals surface area (Å²) in [6, 6.07) is 4.32. The minimum Gasteiger partial charge on any atom is -0.454 e. The maximum absolute atomic E-state index is 5.86. The fraction of sp³-hybridized carbons (Fsp3) is 0.600. The minimum absolute atomic E-state index is 0.0646. The van der Waals surface area contributed by atoms with E-state index in [1.54, 1.807) is 7.11 Å². The SMILES string of the molecule is CO[C@H]1CN2CCC3=C[C@@H](C)[C@H](OC)CC32c2cc3c(cc21)OCO3. The molecule has 5 nitrogen and oxygen atoms in total. The minimum atomic E-state index is -0.0848. The Kier molecular flexibility index (Phi) is 3.43. The average Bonchev–Trinajstić information content (AvgIpc) is 3.22. The molecule has 0 radical (unpaired) electrons. The number of hydrogen-bond donors (Lipinski definition) is 0. The van der Waals surface area contributed by atoms with Gasteiger partial charge in [-0.05, 0) is 35.3 Å². The first-order valence-corrected chi connectivity index (χ1v) is 9.13. The van der Waals surface area contributed by atoms with Gasteiger partial charge >= 0.3 is 0 Å². The Hall–Kier alpha value is -1.56. The monoisotopic (exact) mass is 343 g/mol. The van der Waals surface area contributed by atoms with Crippen molar-refractivity contribution < 1.29 is 18.9 Å². The van der Waals surface area contributed by atoms with Crippen molar-refractivity contribution in [3.8, 4) is 11.5 Å². The highest BCUT2D eigenvalue weighted by molar-refractivity contribution is 5.56. The second-order valence-electron chi connectivity index (χ2n) is 7.60. The molecule has 1 fully saturated rings. The molecular formula is C20H25NO4. The van der Waals surface area contributed by atoms with Crippen molar-refractivity contribution in [2.75, 3.05) is 34.1 Å². The van der Waals surface area contributed by atoms with Gasteiger partial charge in [-0.3, -0.25) is 4.90 Å². The van der Waals surface area contributed by atoms with E-state index in [0.29, 0.717) is 12.7 Å². The van der Waals surface area contributed by atoms with Crippen LogP contribution in [0.25, 0.3) is 0 Å². The Labute approximate surface area is 148 Å². The summed E-state index contributed by atoms with van der Waals surface area (Å²) < 4.78 is 23.0. The molecule has 3 aliphatic heterocycles. The molecular weight excluding hydrogens is 318 g/mol. The third kappa shape index (κ3) is 2.00. The molecule has 4 atom stereocenters. The maximum Gasteiger partial charge on any atom is 0.231 e. The summed E-state index contributed by atoms with van der Waals surface area (Å²) >= 11 is 0. The largest absolute Gasteiger partial charge is 0.454 e. The molecule has 134 valence electrons. The molecule has 25 heavy (non-hydrogen) atoms. The molecule has 5 heteroatoms. The van der Waals surface area contributed by atoms with Gasteiger partial charge in [0.2, 0.25) is 6.79 Å². The van der Waals surface area contributed by atoms with E-state index in [9.17, 15) is 0 Å². The van der Waals surface area contributed by atoms with Gasteiger partial charge in [0.25, 0.3) is 0 Å². The Morgan fingerprint density at radius 2 is 1.96 bits per heavy atom. The topological polar surface area (TPSA) is 40.2 Å². The van der Waals surface area contributed by atoms with Crippen molar-refractivity contribution in [3.05, 3.63) is 34.9 Å². The van der Waals surface area contributed by atoms with Crippen molar-refractivity contribution in [1.29, 1.82) is 0 Å². The molecule has 1 unspecified atom stereocenters. The first kappa shape index (κ1) is 15.7. The molecule has 0 N–H and O–H groups in total. The summed E-state index contributed by atoms with van der Waals surface area (Å²) in [6.07, 6.45) is 4.83. The molecule has 0 aromatic heterocycles. The van der Waals surface area contributed by atoms with Crippen molar-refractivity contribution in [3.63, 3.8) is 0 Å². The number of nitrogens with zero attached hydrogens (tertiary/aromatic N) is 1. The number of methoxy groups -OCH3 is 2. The van der Waals surface area contributed by atoms with Crippen molar-refractivity contribution in [2.45, 2.75) is 37.5 Å². The number of hydrogen-bond acceptors (Lipinski definition) is 5. The smallest absolute Gasteiger partial charge is 0.231 e. The Balaban J connectivity index is 1.73. The van der Waals surface area contributed by atoms with Crippen LogP contribution in [0.4, 0.5) is 0 Å². The predicted molar refractivity (Wildman–Crippen MR) is 92.8 cm³/mol. The lowest BCUT2D eigenvalue weighted by Crippen LogP contribution is -2.52. The second-order valence-corrected chi connectivity index (χ2v) is 7.60. The van der Waals surface area contributed by atoms with E-state index in [0.717, 1.165) is 37.4 Å². The molecule has 5 rings (SSSR count). The van der Waals surface area contributed by atoms with Crippen molar-refractivity contribution >= 4 is 0 Å². The number of rotatable bonds is 2. The number of fused-ring (bicyclic) bond motifs is 2. The normalized spacial score (nSPS) is 35.8. The van der Waals surface area contributed by atoms with Gasteiger partial charge in [0.1, 0.15) is 0 Å². The highest BCUT2D eigenvalue weighted by atomic mass is 16.7. The third-order valence-electron chi connectivity index (χ3n) is 6.58. The Bertz CT molecular complexity index is 745. The first-order chi connectivity index (χ1) is 12.2. The van der Waals surface area contributed by atoms with Crippen LogP contribution in [0.5, 0.6) is 11.5 Å². The lowest BCUT2D eigenvalue weighted by Gasteiger charge is -2.50. The van der Waals surface area contributed by atoms with Crippen LogP contribution in [0.1, 0.15) is 37.0 Å². The van der Waals surface area contributed by atoms with E-state index in [-0.39, 0.29) is 17.7 Å². The molecule has 1 saturated heterocycles. The van der Waals surface area contributed by atoms with Gasteiger partial charge in [-0.15, -0.1) is 0 Å². The Morgan fingerprint density at radius 3 is 2.72 bits per heavy atom. The summed E-state index contributed by atoms with van der Waals surface area (Å²) in [5.74, 6) is 2.13. The predicted octanol–water partition coefficient (Wildman–Crippen LogP) is 3.00. The zero-order chi connectivity index (χ0) is 17.2. The van der Waals surface area contributed by atoms with E-state index < -0.39 is 0 Å². The molecule has 1 spiro atoms. The third-order valence-corrected chi connectivity index (χ3v) is 6.58. The van der Waals surface area contributed by atoms with E-state index in [1.807, 2.05) is 7.11 Å². The zero-order valence-electron chi connectivity index (χ0n) is 15.1. The van der Waals surface area contributed by atoms with Crippen LogP contribution < -0.4 is 9.47 Å². The fourth-order valence-electron chi connectivity index (χ4n) is 5.32. The van der Waals surface area contributed by atoms with Gasteiger partial charge in [-0.1, -0.05) is 13.0 Å². The van der Waals surface area contributed by atoms with E-state index in [1.165, 1.54) is 16.7 Å². The molecule has 0 saturated carbocycles. The summed E-state index contributed by atoms with van der Waals surface area (Å²) in [4.78, 5) is 2.59. The van der Waals surface area contributed by atoms with Crippen molar-refractivity contribution in [1.82, 2.24) is 4.90 Å². The lowest BCUT2D eigenvalue weighted by molar-refractivity contribution is -0.0251. The molecule has 0 bridgehead atoms. The zero-order valence-corrected chi connectivity index (χ0v) is 15.1. The first-order valence-electron chi connectivity index (χ1n) is 9.13. The van der Waals surface area contributed by atoms with Gasteiger partial charge in [0.15, 0.2) is 11.5 Å². The van der Waals surface area contributed by atoms with Crippen LogP contribution in [0, 0.1) is 5.92 Å². The van der Waals surface area contributed by atoms with Crippen molar-refractivity contribution in [2.24, 2.45) is 5.92 Å². The van der Waals surface area contributed by atoms with Crippen LogP contribution >= 0.6 is 0 Å². The standard InChI is InChI=1S/C20H25NO4/c1-12-6-13-4-5-21-10-19(23-3)14-7-16-17(25-11-24-16)8-15(14)20(13,21)9-18(12)22-2/h6-8,12,18-19H,4-5,9-11H2,1-3H3/t12-,18-,19+,20?/m1/s1. The number of ether oxygens (including phenoxy) is 4. The van der Waals surface area contributed by atoms with Gasteiger partial charge < -0.3 is 18.9 Å². The van der Waals surface area contributed by atoms with Crippen LogP contribution in [-0.4, -0.2) is 45.1 Å². The van der Waals surface area contributed by atoms with Crippen LogP contribution in [0.3, 0.4) is 0 Å². The highest BCUT2D eigenvalue weighted by Crippen LogP contribution is 2.57. The number of benzene rings is 1. The van der Waals surface area contributed by atoms with Gasteiger partial charge in [-0.25, -0.2) is 0 Å². The van der Waals surface area contributed by atoms with Gasteiger partial charge in [-0.2, -0.15) is 0 Å². The van der Waals surface area contributed by atoms with E-state index in [2.05, 4.69) is 30.0 Å². The highest BCUT2D eigenvalue weighted by Gasteiger charge is 2.55. The molecule has 3 heterocycles. The van der Waals surface area contributed by atoms with Crippen LogP contribution in [0.15, 0.2) is 23.8 Å². The lowest BCUT2D eigenvalue weighted by atomic mass is 9.68. The summed E-state index contributed by atoms with van der Waals surface area (Å²) in [7, 11) is 3.63. The molecule has 1 aromatic rings. The quantitative estimate of drug-likeness (QED) is 0.772. The fourth-order valence-corrected chi connectivity index (χ4v) is 5.32. The summed E-state index contributed by atoms with van der Waals surface area (Å²) in [5, 5.41) is 0. The van der Waals surface area contributed by atoms with Gasteiger partial charge in [0, 0.05) is 39.6 Å². The summed E-state index contributed by atoms with van der Waals surface area (Å²) in [5.41, 5.74) is 3.99. The average molecular weight is 343 g/mol. The maximum atomic E-state index is 5.86. The molecule has 0 amide bonds. The molecule has 1 aliphatic carbocycles. The van der Waals surface area contributed by atoms with Crippen LogP contribution in [0.2, 0.25) is 0 Å². The van der Waals surface area contributed by atoms with E-state index in [4.69, 9.17) is 18.9 Å². The molecule has 1 aromatic carbocycles. The summed E-state index contributed by atoms with van der Waals surface area (Å²) in [6.45, 7) is 4.54. The van der Waals surface area contributed by atoms with Gasteiger partial charge in [0.05, 0.1) is 17.7 Å². The molecule has 4 aliphatic rings. The van der Waals surface area contributed by atoms with E-state index >= 15 is 0 Å². The van der Waals surface area contributed by atoms with Crippen LogP contribution in [-0.2, 0) is 15.0 Å².